The number of anilines is 1. The summed E-state index contributed by atoms with van der Waals surface area (Å²) in [7, 11) is 0. The summed E-state index contributed by atoms with van der Waals surface area (Å²) >= 11 is 1.52. The van der Waals surface area contributed by atoms with Gasteiger partial charge in [0.2, 0.25) is 11.8 Å². The van der Waals surface area contributed by atoms with Crippen LogP contribution in [0, 0.1) is 12.8 Å². The maximum Gasteiger partial charge on any atom is 0.240 e. The predicted octanol–water partition coefficient (Wildman–Crippen LogP) is 3.36. The molecule has 1 fully saturated rings. The molecule has 0 bridgehead atoms. The second-order valence-electron chi connectivity index (χ2n) is 7.35. The van der Waals surface area contributed by atoms with Crippen molar-refractivity contribution < 1.29 is 9.59 Å². The summed E-state index contributed by atoms with van der Waals surface area (Å²) in [6.07, 6.45) is 7.38. The van der Waals surface area contributed by atoms with Crippen LogP contribution >= 0.6 is 11.3 Å². The van der Waals surface area contributed by atoms with Gasteiger partial charge in [0.25, 0.3) is 0 Å². The highest BCUT2D eigenvalue weighted by Crippen LogP contribution is 2.22. The first-order valence-electron chi connectivity index (χ1n) is 10.3. The van der Waals surface area contributed by atoms with E-state index in [0.717, 1.165) is 49.3 Å². The zero-order chi connectivity index (χ0) is 19.6. The third-order valence-corrected chi connectivity index (χ3v) is 5.98. The Balaban J connectivity index is 1.74. The molecule has 1 aliphatic rings. The van der Waals surface area contributed by atoms with Gasteiger partial charge in [-0.05, 0) is 39.2 Å². The van der Waals surface area contributed by atoms with Crippen molar-refractivity contribution in [2.45, 2.75) is 65.7 Å². The van der Waals surface area contributed by atoms with Gasteiger partial charge in [0.05, 0.1) is 18.2 Å². The lowest BCUT2D eigenvalue weighted by molar-refractivity contribution is -0.127. The molecule has 6 nitrogen and oxygen atoms in total. The number of aryl methyl sites for hydroxylation is 2. The van der Waals surface area contributed by atoms with E-state index in [2.05, 4.69) is 34.4 Å². The molecule has 1 aliphatic heterocycles. The number of amides is 2. The first-order chi connectivity index (χ1) is 13.0. The number of rotatable bonds is 10. The predicted molar refractivity (Wildman–Crippen MR) is 111 cm³/mol. The second-order valence-corrected chi connectivity index (χ2v) is 8.55. The molecule has 7 heteroatoms. The quantitative estimate of drug-likeness (QED) is 0.597. The zero-order valence-corrected chi connectivity index (χ0v) is 17.8. The van der Waals surface area contributed by atoms with Gasteiger partial charge in [0.15, 0.2) is 5.13 Å². The van der Waals surface area contributed by atoms with Crippen LogP contribution in [0.2, 0.25) is 0 Å². The van der Waals surface area contributed by atoms with Crippen molar-refractivity contribution in [2.75, 3.05) is 31.5 Å². The van der Waals surface area contributed by atoms with Crippen LogP contribution in [0.15, 0.2) is 0 Å². The largest absolute Gasteiger partial charge is 0.356 e. The van der Waals surface area contributed by atoms with E-state index < -0.39 is 0 Å². The van der Waals surface area contributed by atoms with Crippen molar-refractivity contribution in [2.24, 2.45) is 5.92 Å². The van der Waals surface area contributed by atoms with E-state index >= 15 is 0 Å². The highest BCUT2D eigenvalue weighted by molar-refractivity contribution is 7.15. The van der Waals surface area contributed by atoms with Gasteiger partial charge in [0.1, 0.15) is 0 Å². The maximum absolute atomic E-state index is 12.4. The molecule has 0 aliphatic carbocycles. The maximum atomic E-state index is 12.4. The zero-order valence-electron chi connectivity index (χ0n) is 17.0. The lowest BCUT2D eigenvalue weighted by Gasteiger charge is -2.31. The van der Waals surface area contributed by atoms with E-state index in [9.17, 15) is 9.59 Å². The average Bonchev–Trinajstić information content (AvgIpc) is 3.00. The average molecular weight is 395 g/mol. The third-order valence-electron chi connectivity index (χ3n) is 5.05. The summed E-state index contributed by atoms with van der Waals surface area (Å²) in [6.45, 7) is 8.89. The first kappa shape index (κ1) is 21.8. The van der Waals surface area contributed by atoms with Crippen LogP contribution in [0.5, 0.6) is 0 Å². The molecule has 2 amide bonds. The summed E-state index contributed by atoms with van der Waals surface area (Å²) in [5.74, 6) is 0.0818. The minimum absolute atomic E-state index is 0.00785. The van der Waals surface area contributed by atoms with E-state index in [-0.39, 0.29) is 17.7 Å². The number of carbonyl (C=O) groups excluding carboxylic acids is 2. The molecule has 2 N–H and O–H groups in total. The minimum atomic E-state index is -0.0490. The van der Waals surface area contributed by atoms with Gasteiger partial charge < -0.3 is 10.6 Å². The standard InChI is InChI=1S/C20H34N4O2S/c1-4-6-7-8-11-21-19(26)16-10-9-12-24(13-16)14-18(25)23-20-22-17(5-2)15(3)27-20/h16H,4-14H2,1-3H3,(H,21,26)(H,22,23,25). The summed E-state index contributed by atoms with van der Waals surface area (Å²) in [5.41, 5.74) is 1.05. The van der Waals surface area contributed by atoms with Crippen molar-refractivity contribution in [1.82, 2.24) is 15.2 Å². The summed E-state index contributed by atoms with van der Waals surface area (Å²) < 4.78 is 0. The molecule has 0 spiro atoms. The van der Waals surface area contributed by atoms with Crippen LogP contribution in [-0.2, 0) is 16.0 Å². The Hall–Kier alpha value is -1.47. The van der Waals surface area contributed by atoms with E-state index in [1.165, 1.54) is 30.6 Å². The summed E-state index contributed by atoms with van der Waals surface area (Å²) in [4.78, 5) is 32.4. The van der Waals surface area contributed by atoms with Gasteiger partial charge in [-0.3, -0.25) is 14.5 Å². The number of nitrogens with one attached hydrogen (secondary N) is 2. The molecular weight excluding hydrogens is 360 g/mol. The second kappa shape index (κ2) is 11.4. The van der Waals surface area contributed by atoms with E-state index in [0.29, 0.717) is 18.2 Å². The van der Waals surface area contributed by atoms with Gasteiger partial charge in [-0.1, -0.05) is 33.1 Å². The van der Waals surface area contributed by atoms with Gasteiger partial charge in [0, 0.05) is 18.0 Å². The van der Waals surface area contributed by atoms with E-state index in [4.69, 9.17) is 0 Å². The number of nitrogens with zero attached hydrogens (tertiary/aromatic N) is 2. The molecule has 1 atom stereocenters. The molecule has 0 saturated carbocycles. The molecule has 2 heterocycles. The molecule has 1 aromatic heterocycles. The lowest BCUT2D eigenvalue weighted by Crippen LogP contribution is -2.45. The molecule has 0 aromatic carbocycles. The Kier molecular flexibility index (Phi) is 9.21. The van der Waals surface area contributed by atoms with Crippen molar-refractivity contribution >= 4 is 28.3 Å². The van der Waals surface area contributed by atoms with Crippen LogP contribution in [0.3, 0.4) is 0 Å². The monoisotopic (exact) mass is 394 g/mol. The fourth-order valence-electron chi connectivity index (χ4n) is 3.49. The van der Waals surface area contributed by atoms with Crippen LogP contribution in [0.4, 0.5) is 5.13 Å². The van der Waals surface area contributed by atoms with Crippen molar-refractivity contribution in [3.8, 4) is 0 Å². The Morgan fingerprint density at radius 1 is 1.26 bits per heavy atom. The SMILES string of the molecule is CCCCCCNC(=O)C1CCCN(CC(=O)Nc2nc(CC)c(C)s2)C1. The smallest absolute Gasteiger partial charge is 0.240 e. The molecule has 2 rings (SSSR count). The molecule has 1 aromatic rings. The van der Waals surface area contributed by atoms with E-state index in [1.807, 2.05) is 6.92 Å². The van der Waals surface area contributed by atoms with Crippen LogP contribution in [0.1, 0.15) is 62.9 Å². The van der Waals surface area contributed by atoms with Crippen LogP contribution < -0.4 is 10.6 Å². The Bertz CT molecular complexity index is 617. The third kappa shape index (κ3) is 7.22. The van der Waals surface area contributed by atoms with Gasteiger partial charge in [-0.2, -0.15) is 0 Å². The summed E-state index contributed by atoms with van der Waals surface area (Å²) in [6, 6.07) is 0. The number of hydrogen-bond acceptors (Lipinski definition) is 5. The van der Waals surface area contributed by atoms with Crippen molar-refractivity contribution in [3.05, 3.63) is 10.6 Å². The number of likely N-dealkylation sites (tertiary alicyclic amines) is 1. The van der Waals surface area contributed by atoms with Gasteiger partial charge in [-0.15, -0.1) is 11.3 Å². The molecule has 152 valence electrons. The fraction of sp³-hybridized carbons (Fsp3) is 0.750. The number of hydrogen-bond donors (Lipinski definition) is 2. The normalized spacial score (nSPS) is 17.7. The molecule has 27 heavy (non-hydrogen) atoms. The van der Waals surface area contributed by atoms with Crippen molar-refractivity contribution in [1.29, 1.82) is 0 Å². The highest BCUT2D eigenvalue weighted by atomic mass is 32.1. The van der Waals surface area contributed by atoms with Crippen LogP contribution in [-0.4, -0.2) is 47.9 Å². The first-order valence-corrected chi connectivity index (χ1v) is 11.1. The fourth-order valence-corrected chi connectivity index (χ4v) is 4.41. The topological polar surface area (TPSA) is 74.3 Å². The highest BCUT2D eigenvalue weighted by Gasteiger charge is 2.26. The Morgan fingerprint density at radius 3 is 2.78 bits per heavy atom. The van der Waals surface area contributed by atoms with Gasteiger partial charge >= 0.3 is 0 Å². The molecule has 1 saturated heterocycles. The number of carbonyl (C=O) groups is 2. The lowest BCUT2D eigenvalue weighted by atomic mass is 9.97. The van der Waals surface area contributed by atoms with Crippen molar-refractivity contribution in [3.63, 3.8) is 0 Å². The number of aromatic nitrogens is 1. The molecular formula is C20H34N4O2S. The Labute approximate surface area is 167 Å². The number of unbranched alkanes of at least 4 members (excludes halogenated alkanes) is 3. The number of thiazole rings is 1. The van der Waals surface area contributed by atoms with Crippen LogP contribution in [0.25, 0.3) is 0 Å². The molecule has 0 radical (unpaired) electrons. The Morgan fingerprint density at radius 2 is 2.07 bits per heavy atom. The minimum Gasteiger partial charge on any atom is -0.356 e. The number of piperidine rings is 1. The summed E-state index contributed by atoms with van der Waals surface area (Å²) in [5, 5.41) is 6.65. The van der Waals surface area contributed by atoms with E-state index in [1.54, 1.807) is 0 Å². The van der Waals surface area contributed by atoms with Gasteiger partial charge in [-0.25, -0.2) is 4.98 Å². The molecule has 1 unspecified atom stereocenters.